The molecule has 0 saturated carbocycles. The molecular formula is C20H28O3. The number of hydrogen-bond donors (Lipinski definition) is 0. The summed E-state index contributed by atoms with van der Waals surface area (Å²) in [6.07, 6.45) is 11.8. The lowest BCUT2D eigenvalue weighted by atomic mass is 10.1. The number of para-hydroxylation sites is 1. The van der Waals surface area contributed by atoms with E-state index in [2.05, 4.69) is 6.92 Å². The first-order valence-electron chi connectivity index (χ1n) is 8.91. The van der Waals surface area contributed by atoms with Crippen LogP contribution in [-0.4, -0.2) is 19.2 Å². The Bertz CT molecular complexity index is 519. The molecule has 1 heterocycles. The maximum absolute atomic E-state index is 12.0. The number of carbonyl (C=O) groups is 1. The van der Waals surface area contributed by atoms with Crippen molar-refractivity contribution in [2.24, 2.45) is 0 Å². The third kappa shape index (κ3) is 6.09. The number of unbranched alkanes of at least 4 members (excludes halogenated alkanes) is 7. The lowest BCUT2D eigenvalue weighted by molar-refractivity contribution is -0.139. The maximum atomic E-state index is 12.0. The lowest BCUT2D eigenvalue weighted by Gasteiger charge is -2.16. The number of rotatable bonds is 10. The maximum Gasteiger partial charge on any atom is 0.337 e. The lowest BCUT2D eigenvalue weighted by Crippen LogP contribution is -2.17. The van der Waals surface area contributed by atoms with Crippen LogP contribution in [0.2, 0.25) is 0 Å². The van der Waals surface area contributed by atoms with Gasteiger partial charge in [0.15, 0.2) is 0 Å². The van der Waals surface area contributed by atoms with Crippen LogP contribution in [0, 0.1) is 0 Å². The highest BCUT2D eigenvalue weighted by atomic mass is 16.5. The molecule has 23 heavy (non-hydrogen) atoms. The Balaban J connectivity index is 1.60. The van der Waals surface area contributed by atoms with Crippen LogP contribution in [0.4, 0.5) is 0 Å². The number of carbonyl (C=O) groups excluding carboxylic acids is 1. The summed E-state index contributed by atoms with van der Waals surface area (Å²) in [5, 5.41) is 0. The predicted molar refractivity (Wildman–Crippen MR) is 93.5 cm³/mol. The van der Waals surface area contributed by atoms with Crippen LogP contribution in [0.1, 0.15) is 63.9 Å². The molecular weight excluding hydrogens is 288 g/mol. The minimum atomic E-state index is -0.248. The van der Waals surface area contributed by atoms with E-state index in [0.29, 0.717) is 18.8 Å². The highest BCUT2D eigenvalue weighted by Gasteiger charge is 2.17. The average molecular weight is 316 g/mol. The quantitative estimate of drug-likeness (QED) is 0.442. The van der Waals surface area contributed by atoms with Gasteiger partial charge in [-0.05, 0) is 18.6 Å². The third-order valence-electron chi connectivity index (χ3n) is 4.13. The molecule has 0 spiro atoms. The van der Waals surface area contributed by atoms with Crippen molar-refractivity contribution >= 4 is 12.0 Å². The molecule has 2 rings (SSSR count). The van der Waals surface area contributed by atoms with Gasteiger partial charge in [-0.3, -0.25) is 0 Å². The number of hydrogen-bond acceptors (Lipinski definition) is 3. The van der Waals surface area contributed by atoms with Crippen LogP contribution in [0.3, 0.4) is 0 Å². The van der Waals surface area contributed by atoms with E-state index in [1.165, 1.54) is 38.5 Å². The van der Waals surface area contributed by atoms with Crippen molar-refractivity contribution in [1.82, 2.24) is 0 Å². The fraction of sp³-hybridized carbons (Fsp3) is 0.550. The van der Waals surface area contributed by atoms with Crippen molar-refractivity contribution in [3.8, 4) is 5.75 Å². The molecule has 0 amide bonds. The molecule has 1 aromatic carbocycles. The van der Waals surface area contributed by atoms with Crippen LogP contribution in [0.15, 0.2) is 29.8 Å². The number of ether oxygens (including phenoxy) is 2. The molecule has 3 nitrogen and oxygen atoms in total. The van der Waals surface area contributed by atoms with Crippen molar-refractivity contribution < 1.29 is 14.3 Å². The van der Waals surface area contributed by atoms with E-state index in [-0.39, 0.29) is 5.97 Å². The summed E-state index contributed by atoms with van der Waals surface area (Å²) in [7, 11) is 0. The van der Waals surface area contributed by atoms with Crippen LogP contribution >= 0.6 is 0 Å². The molecule has 0 bridgehead atoms. The van der Waals surface area contributed by atoms with Crippen LogP contribution in [-0.2, 0) is 9.53 Å². The van der Waals surface area contributed by atoms with Gasteiger partial charge in [0.2, 0.25) is 0 Å². The normalized spacial score (nSPS) is 13.0. The van der Waals surface area contributed by atoms with Gasteiger partial charge in [-0.1, -0.05) is 70.1 Å². The molecule has 1 aliphatic rings. The van der Waals surface area contributed by atoms with E-state index in [4.69, 9.17) is 9.47 Å². The van der Waals surface area contributed by atoms with Gasteiger partial charge in [-0.25, -0.2) is 4.79 Å². The molecule has 3 heteroatoms. The zero-order chi connectivity index (χ0) is 16.3. The van der Waals surface area contributed by atoms with Crippen molar-refractivity contribution in [3.05, 3.63) is 35.4 Å². The molecule has 0 unspecified atom stereocenters. The second kappa shape index (κ2) is 10.1. The van der Waals surface area contributed by atoms with E-state index in [9.17, 15) is 4.79 Å². The standard InChI is InChI=1S/C20H28O3/c1-2-3-4-5-6-7-8-11-14-22-20(21)18-15-17-12-9-10-13-19(17)23-16-18/h9-10,12-13,15H,2-8,11,14,16H2,1H3. The monoisotopic (exact) mass is 316 g/mol. The van der Waals surface area contributed by atoms with Crippen LogP contribution in [0.5, 0.6) is 5.75 Å². The fourth-order valence-electron chi connectivity index (χ4n) is 2.73. The van der Waals surface area contributed by atoms with Gasteiger partial charge < -0.3 is 9.47 Å². The Hall–Kier alpha value is -1.77. The molecule has 0 N–H and O–H groups in total. The Morgan fingerprint density at radius 2 is 1.74 bits per heavy atom. The van der Waals surface area contributed by atoms with E-state index >= 15 is 0 Å². The van der Waals surface area contributed by atoms with Gasteiger partial charge in [-0.2, -0.15) is 0 Å². The summed E-state index contributed by atoms with van der Waals surface area (Å²) in [6.45, 7) is 3.04. The largest absolute Gasteiger partial charge is 0.488 e. The van der Waals surface area contributed by atoms with Gasteiger partial charge in [0.25, 0.3) is 0 Å². The van der Waals surface area contributed by atoms with E-state index in [1.54, 1.807) is 0 Å². The minimum absolute atomic E-state index is 0.248. The summed E-state index contributed by atoms with van der Waals surface area (Å²) in [5.74, 6) is 0.578. The summed E-state index contributed by atoms with van der Waals surface area (Å²) < 4.78 is 10.9. The second-order valence-corrected chi connectivity index (χ2v) is 6.11. The summed E-state index contributed by atoms with van der Waals surface area (Å²) in [6, 6.07) is 7.72. The Morgan fingerprint density at radius 1 is 1.04 bits per heavy atom. The molecule has 1 aromatic rings. The SMILES string of the molecule is CCCCCCCCCCOC(=O)C1=Cc2ccccc2OC1. The van der Waals surface area contributed by atoms with Crippen molar-refractivity contribution in [2.45, 2.75) is 58.3 Å². The first-order valence-corrected chi connectivity index (χ1v) is 8.91. The first-order chi connectivity index (χ1) is 11.3. The zero-order valence-corrected chi connectivity index (χ0v) is 14.2. The number of esters is 1. The highest BCUT2D eigenvalue weighted by molar-refractivity contribution is 5.95. The summed E-state index contributed by atoms with van der Waals surface area (Å²) in [4.78, 5) is 12.0. The van der Waals surface area contributed by atoms with Crippen molar-refractivity contribution in [2.75, 3.05) is 13.2 Å². The number of fused-ring (bicyclic) bond motifs is 1. The Kier molecular flexibility index (Phi) is 7.71. The van der Waals surface area contributed by atoms with Gasteiger partial charge in [0, 0.05) is 5.56 Å². The molecule has 0 radical (unpaired) electrons. The first kappa shape index (κ1) is 17.6. The predicted octanol–water partition coefficient (Wildman–Crippen LogP) is 5.15. The molecule has 1 aliphatic heterocycles. The van der Waals surface area contributed by atoms with E-state index in [1.807, 2.05) is 30.3 Å². The summed E-state index contributed by atoms with van der Waals surface area (Å²) in [5.41, 5.74) is 1.54. The minimum Gasteiger partial charge on any atom is -0.488 e. The van der Waals surface area contributed by atoms with E-state index < -0.39 is 0 Å². The van der Waals surface area contributed by atoms with Gasteiger partial charge in [-0.15, -0.1) is 0 Å². The topological polar surface area (TPSA) is 35.5 Å². The average Bonchev–Trinajstić information content (AvgIpc) is 2.59. The fourth-order valence-corrected chi connectivity index (χ4v) is 2.73. The molecule has 0 aliphatic carbocycles. The van der Waals surface area contributed by atoms with Gasteiger partial charge >= 0.3 is 5.97 Å². The molecule has 0 fully saturated rings. The third-order valence-corrected chi connectivity index (χ3v) is 4.13. The van der Waals surface area contributed by atoms with Crippen molar-refractivity contribution in [1.29, 1.82) is 0 Å². The molecule has 126 valence electrons. The molecule has 0 saturated heterocycles. The zero-order valence-electron chi connectivity index (χ0n) is 14.2. The Morgan fingerprint density at radius 3 is 2.52 bits per heavy atom. The summed E-state index contributed by atoms with van der Waals surface area (Å²) >= 11 is 0. The van der Waals surface area contributed by atoms with Crippen molar-refractivity contribution in [3.63, 3.8) is 0 Å². The smallest absolute Gasteiger partial charge is 0.337 e. The Labute approximate surface area is 139 Å². The van der Waals surface area contributed by atoms with Crippen LogP contribution < -0.4 is 4.74 Å². The van der Waals surface area contributed by atoms with E-state index in [0.717, 1.165) is 24.2 Å². The van der Waals surface area contributed by atoms with Crippen LogP contribution in [0.25, 0.3) is 6.08 Å². The highest BCUT2D eigenvalue weighted by Crippen LogP contribution is 2.26. The number of benzene rings is 1. The van der Waals surface area contributed by atoms with Gasteiger partial charge in [0.05, 0.1) is 12.2 Å². The molecule has 0 atom stereocenters. The van der Waals surface area contributed by atoms with Gasteiger partial charge in [0.1, 0.15) is 12.4 Å². The second-order valence-electron chi connectivity index (χ2n) is 6.11. The molecule has 0 aromatic heterocycles.